The van der Waals surface area contributed by atoms with Gasteiger partial charge in [-0.3, -0.25) is 39.3 Å². The first-order valence-corrected chi connectivity index (χ1v) is 19.6. The number of imidazole rings is 1. The number of hydrogen-bond acceptors (Lipinski definition) is 8. The molecule has 1 saturated heterocycles. The number of benzene rings is 2. The topological polar surface area (TPSA) is 159 Å². The number of aromatic nitrogens is 4. The second-order valence-corrected chi connectivity index (χ2v) is 15.2. The number of carbonyl (C=O) groups is 5. The summed E-state index contributed by atoms with van der Waals surface area (Å²) in [5.41, 5.74) is 8.36. The van der Waals surface area contributed by atoms with Crippen LogP contribution >= 0.6 is 0 Å². The van der Waals surface area contributed by atoms with E-state index < -0.39 is 11.9 Å². The molecule has 57 heavy (non-hydrogen) atoms. The normalized spacial score (nSPS) is 19.1. The quantitative estimate of drug-likeness (QED) is 0.208. The van der Waals surface area contributed by atoms with E-state index in [1.54, 1.807) is 30.2 Å². The van der Waals surface area contributed by atoms with E-state index in [4.69, 9.17) is 9.97 Å². The maximum absolute atomic E-state index is 13.3. The molecule has 2 unspecified atom stereocenters. The third kappa shape index (κ3) is 6.56. The van der Waals surface area contributed by atoms with E-state index >= 15 is 0 Å². The van der Waals surface area contributed by atoms with Crippen LogP contribution in [0.2, 0.25) is 0 Å². The Hall–Kier alpha value is -6.50. The number of nitrogens with one attached hydrogen (secondary N) is 2. The molecule has 288 valence electrons. The van der Waals surface area contributed by atoms with Crippen LogP contribution in [0.4, 0.5) is 0 Å². The zero-order valence-corrected chi connectivity index (χ0v) is 31.9. The zero-order chi connectivity index (χ0) is 39.4. The summed E-state index contributed by atoms with van der Waals surface area (Å²) < 4.78 is 2.25. The molecule has 2 aromatic carbocycles. The molecular weight excluding hydrogens is 721 g/mol. The standard InChI is InChI=1S/C44H42N8O5/c1-3-39-48-41(38-24-50(25(2)53)16-17-51(38)39)31-8-4-6-27-19-36(46-22-33(27)31)29-12-13-35(45-21-29)42(55)47-20-26-10-11-28(18-26)30-7-5-9-32-34(30)23-52(44(32)57)37-14-15-40(54)49-43(37)56/h4-9,12-13,18-19,21-22,26,37H,3,10-11,14-17,20,23-24H2,1-2H3,(H,47,55)(H,49,54,56). The van der Waals surface area contributed by atoms with Crippen molar-refractivity contribution in [2.45, 2.75) is 71.6 Å². The van der Waals surface area contributed by atoms with Crippen molar-refractivity contribution in [2.24, 2.45) is 5.92 Å². The average molecular weight is 763 g/mol. The predicted octanol–water partition coefficient (Wildman–Crippen LogP) is 5.07. The summed E-state index contributed by atoms with van der Waals surface area (Å²) in [5, 5.41) is 7.38. The van der Waals surface area contributed by atoms with E-state index in [2.05, 4.69) is 39.3 Å². The van der Waals surface area contributed by atoms with Crippen LogP contribution in [0, 0.1) is 5.92 Å². The van der Waals surface area contributed by atoms with Crippen LogP contribution in [-0.4, -0.2) is 78.0 Å². The highest BCUT2D eigenvalue weighted by molar-refractivity contribution is 6.06. The van der Waals surface area contributed by atoms with Crippen molar-refractivity contribution in [3.63, 3.8) is 0 Å². The molecular formula is C44H42N8O5. The number of rotatable bonds is 8. The van der Waals surface area contributed by atoms with E-state index in [1.165, 1.54) is 0 Å². The lowest BCUT2D eigenvalue weighted by atomic mass is 9.96. The second kappa shape index (κ2) is 14.5. The number of carbonyl (C=O) groups excluding carboxylic acids is 5. The number of nitrogens with zero attached hydrogens (tertiary/aromatic N) is 6. The van der Waals surface area contributed by atoms with Gasteiger partial charge >= 0.3 is 0 Å². The minimum atomic E-state index is -0.660. The number of pyridine rings is 2. The number of amides is 5. The Morgan fingerprint density at radius 3 is 2.53 bits per heavy atom. The summed E-state index contributed by atoms with van der Waals surface area (Å²) in [4.78, 5) is 80.8. The number of fused-ring (bicyclic) bond motifs is 3. The van der Waals surface area contributed by atoms with Crippen LogP contribution < -0.4 is 10.6 Å². The van der Waals surface area contributed by atoms with Gasteiger partial charge in [0.05, 0.1) is 23.6 Å². The van der Waals surface area contributed by atoms with Crippen molar-refractivity contribution in [1.82, 2.24) is 40.0 Å². The highest BCUT2D eigenvalue weighted by Gasteiger charge is 2.40. The molecule has 0 radical (unpaired) electrons. The second-order valence-electron chi connectivity index (χ2n) is 15.2. The average Bonchev–Trinajstić information content (AvgIpc) is 3.95. The largest absolute Gasteiger partial charge is 0.350 e. The number of imide groups is 1. The SMILES string of the molecule is CCc1nc(-c2cccc3cc(-c4ccc(C(=O)NCC5C=C(c6cccc7c6CN(C6CCC(=O)NC6=O)C7=O)CC5)nc4)ncc23)c2n1CCN(C(C)=O)C2. The molecule has 3 aliphatic heterocycles. The summed E-state index contributed by atoms with van der Waals surface area (Å²) in [7, 11) is 0. The van der Waals surface area contributed by atoms with Gasteiger partial charge in [-0.05, 0) is 71.5 Å². The lowest BCUT2D eigenvalue weighted by Crippen LogP contribution is -2.52. The van der Waals surface area contributed by atoms with Crippen molar-refractivity contribution < 1.29 is 24.0 Å². The minimum absolute atomic E-state index is 0.0585. The van der Waals surface area contributed by atoms with E-state index in [1.807, 2.05) is 47.5 Å². The van der Waals surface area contributed by atoms with Gasteiger partial charge in [0.25, 0.3) is 11.8 Å². The summed E-state index contributed by atoms with van der Waals surface area (Å²) in [5.74, 6) is 0.00619. The lowest BCUT2D eigenvalue weighted by molar-refractivity contribution is -0.137. The molecule has 0 spiro atoms. The highest BCUT2D eigenvalue weighted by atomic mass is 16.2. The molecule has 3 aromatic heterocycles. The number of piperidine rings is 1. The lowest BCUT2D eigenvalue weighted by Gasteiger charge is -2.29. The smallest absolute Gasteiger partial charge is 0.269 e. The first kappa shape index (κ1) is 36.2. The van der Waals surface area contributed by atoms with Gasteiger partial charge in [0.15, 0.2) is 0 Å². The van der Waals surface area contributed by atoms with E-state index in [9.17, 15) is 24.0 Å². The molecule has 6 heterocycles. The molecule has 13 heteroatoms. The maximum Gasteiger partial charge on any atom is 0.269 e. The van der Waals surface area contributed by atoms with Crippen LogP contribution in [0.15, 0.2) is 73.1 Å². The number of hydrogen-bond donors (Lipinski definition) is 2. The minimum Gasteiger partial charge on any atom is -0.350 e. The molecule has 4 aliphatic rings. The molecule has 2 N–H and O–H groups in total. The fourth-order valence-electron chi connectivity index (χ4n) is 8.79. The first-order valence-electron chi connectivity index (χ1n) is 19.6. The summed E-state index contributed by atoms with van der Waals surface area (Å²) >= 11 is 0. The van der Waals surface area contributed by atoms with Gasteiger partial charge in [-0.25, -0.2) is 4.98 Å². The van der Waals surface area contributed by atoms with Crippen molar-refractivity contribution >= 4 is 45.9 Å². The van der Waals surface area contributed by atoms with Gasteiger partial charge in [0.1, 0.15) is 17.6 Å². The van der Waals surface area contributed by atoms with Crippen LogP contribution in [0.25, 0.3) is 38.9 Å². The highest BCUT2D eigenvalue weighted by Crippen LogP contribution is 2.39. The zero-order valence-electron chi connectivity index (χ0n) is 31.9. The summed E-state index contributed by atoms with van der Waals surface area (Å²) in [6.45, 7) is 6.41. The monoisotopic (exact) mass is 762 g/mol. The number of allylic oxidation sites excluding steroid dienone is 1. The third-order valence-corrected chi connectivity index (χ3v) is 11.8. The molecule has 1 fully saturated rings. The molecule has 2 atom stereocenters. The Morgan fingerprint density at radius 2 is 1.74 bits per heavy atom. The number of aryl methyl sites for hydroxylation is 1. The van der Waals surface area contributed by atoms with E-state index in [0.717, 1.165) is 87.3 Å². The van der Waals surface area contributed by atoms with Crippen molar-refractivity contribution in [2.75, 3.05) is 13.1 Å². The van der Waals surface area contributed by atoms with Gasteiger partial charge in [-0.1, -0.05) is 43.3 Å². The van der Waals surface area contributed by atoms with Gasteiger partial charge in [0.2, 0.25) is 17.7 Å². The summed E-state index contributed by atoms with van der Waals surface area (Å²) in [6, 6.07) is 16.7. The molecule has 13 nitrogen and oxygen atoms in total. The Bertz CT molecular complexity index is 2540. The summed E-state index contributed by atoms with van der Waals surface area (Å²) in [6.07, 6.45) is 8.70. The predicted molar refractivity (Wildman–Crippen MR) is 212 cm³/mol. The van der Waals surface area contributed by atoms with Crippen molar-refractivity contribution in [3.8, 4) is 22.5 Å². The van der Waals surface area contributed by atoms with Crippen molar-refractivity contribution in [1.29, 1.82) is 0 Å². The molecule has 5 amide bonds. The Morgan fingerprint density at radius 1 is 0.912 bits per heavy atom. The van der Waals surface area contributed by atoms with Crippen LogP contribution in [0.1, 0.15) is 83.0 Å². The fourth-order valence-corrected chi connectivity index (χ4v) is 8.79. The molecule has 0 saturated carbocycles. The van der Waals surface area contributed by atoms with E-state index in [0.29, 0.717) is 43.9 Å². The Balaban J connectivity index is 0.865. The van der Waals surface area contributed by atoms with Gasteiger partial charge in [0, 0.05) is 80.4 Å². The van der Waals surface area contributed by atoms with Crippen LogP contribution in [-0.2, 0) is 40.4 Å². The van der Waals surface area contributed by atoms with Gasteiger partial charge in [-0.15, -0.1) is 0 Å². The fraction of sp³-hybridized carbons (Fsp3) is 0.318. The van der Waals surface area contributed by atoms with Gasteiger partial charge in [-0.2, -0.15) is 0 Å². The van der Waals surface area contributed by atoms with E-state index in [-0.39, 0.29) is 36.0 Å². The Labute approximate surface area is 329 Å². The van der Waals surface area contributed by atoms with Crippen molar-refractivity contribution in [3.05, 3.63) is 107 Å². The Kier molecular flexibility index (Phi) is 9.22. The van der Waals surface area contributed by atoms with Crippen LogP contribution in [0.3, 0.4) is 0 Å². The molecule has 9 rings (SSSR count). The maximum atomic E-state index is 13.3. The first-order chi connectivity index (χ1) is 27.7. The van der Waals surface area contributed by atoms with Gasteiger partial charge < -0.3 is 19.7 Å². The third-order valence-electron chi connectivity index (χ3n) is 11.8. The molecule has 1 aliphatic carbocycles. The van der Waals surface area contributed by atoms with Crippen LogP contribution in [0.5, 0.6) is 0 Å². The molecule has 0 bridgehead atoms. The molecule has 5 aromatic rings.